The van der Waals surface area contributed by atoms with E-state index < -0.39 is 6.03 Å². The molecule has 0 bridgehead atoms. The maximum atomic E-state index is 11.2. The van der Waals surface area contributed by atoms with Crippen LogP contribution in [0.15, 0.2) is 30.3 Å². The summed E-state index contributed by atoms with van der Waals surface area (Å²) in [6.07, 6.45) is 0. The van der Waals surface area contributed by atoms with Gasteiger partial charge in [-0.2, -0.15) is 9.78 Å². The van der Waals surface area contributed by atoms with E-state index in [1.807, 2.05) is 31.2 Å². The number of hydrogen-bond donors (Lipinski definition) is 2. The molecule has 88 valence electrons. The number of carbonyl (C=O) groups is 1. The van der Waals surface area contributed by atoms with Crippen molar-refractivity contribution in [2.75, 3.05) is 5.32 Å². The van der Waals surface area contributed by atoms with E-state index in [1.165, 1.54) is 5.56 Å². The molecule has 2 aromatic rings. The predicted octanol–water partition coefficient (Wildman–Crippen LogP) is 2.17. The lowest BCUT2D eigenvalue weighted by atomic mass is 10.2. The summed E-state index contributed by atoms with van der Waals surface area (Å²) in [5, 5.41) is 7.11. The summed E-state index contributed by atoms with van der Waals surface area (Å²) in [6, 6.07) is 9.00. The number of aromatic nitrogens is 2. The highest BCUT2D eigenvalue weighted by Gasteiger charge is 2.09. The molecule has 5 heteroatoms. The van der Waals surface area contributed by atoms with Gasteiger partial charge in [0.15, 0.2) is 0 Å². The Balaban J connectivity index is 2.29. The van der Waals surface area contributed by atoms with Gasteiger partial charge in [-0.05, 0) is 26.0 Å². The molecule has 1 heterocycles. The molecule has 0 spiro atoms. The van der Waals surface area contributed by atoms with Crippen molar-refractivity contribution >= 4 is 17.5 Å². The first-order valence-electron chi connectivity index (χ1n) is 5.26. The van der Waals surface area contributed by atoms with Gasteiger partial charge in [0.05, 0.1) is 5.69 Å². The van der Waals surface area contributed by atoms with Crippen LogP contribution in [0.1, 0.15) is 11.3 Å². The van der Waals surface area contributed by atoms with Crippen LogP contribution in [0.2, 0.25) is 0 Å². The van der Waals surface area contributed by atoms with Crippen LogP contribution >= 0.6 is 0 Å². The molecular formula is C12H14N4O. The second kappa shape index (κ2) is 4.29. The Labute approximate surface area is 99.2 Å². The molecule has 3 N–H and O–H groups in total. The maximum Gasteiger partial charge on any atom is 0.341 e. The van der Waals surface area contributed by atoms with E-state index in [2.05, 4.69) is 10.4 Å². The quantitative estimate of drug-likeness (QED) is 0.830. The largest absolute Gasteiger partial charge is 0.350 e. The Hall–Kier alpha value is -2.30. The molecule has 5 nitrogen and oxygen atoms in total. The van der Waals surface area contributed by atoms with Gasteiger partial charge in [0.2, 0.25) is 0 Å². The number of aryl methyl sites for hydroxylation is 2. The zero-order chi connectivity index (χ0) is 12.4. The van der Waals surface area contributed by atoms with Crippen LogP contribution in [0.5, 0.6) is 0 Å². The lowest BCUT2D eigenvalue weighted by Crippen LogP contribution is -2.22. The molecule has 0 saturated heterocycles. The highest BCUT2D eigenvalue weighted by atomic mass is 16.2. The van der Waals surface area contributed by atoms with Gasteiger partial charge >= 0.3 is 6.03 Å². The van der Waals surface area contributed by atoms with Crippen LogP contribution in [-0.2, 0) is 0 Å². The topological polar surface area (TPSA) is 72.9 Å². The van der Waals surface area contributed by atoms with Crippen LogP contribution in [0.3, 0.4) is 0 Å². The standard InChI is InChI=1S/C12H14N4O/c1-8-3-5-10(6-4-8)14-11-7-9(2)15-16(11)12(13)17/h3-7,14H,1-2H3,(H2,13,17). The minimum absolute atomic E-state index is 0.568. The van der Waals surface area contributed by atoms with Crippen LogP contribution < -0.4 is 11.1 Å². The number of hydrogen-bond acceptors (Lipinski definition) is 3. The highest BCUT2D eigenvalue weighted by molar-refractivity contribution is 5.79. The van der Waals surface area contributed by atoms with Crippen molar-refractivity contribution in [2.45, 2.75) is 13.8 Å². The van der Waals surface area contributed by atoms with Crippen molar-refractivity contribution in [1.29, 1.82) is 0 Å². The molecule has 0 unspecified atom stereocenters. The van der Waals surface area contributed by atoms with Gasteiger partial charge in [-0.15, -0.1) is 0 Å². The molecule has 1 amide bonds. The summed E-state index contributed by atoms with van der Waals surface area (Å²) in [6.45, 7) is 3.82. The predicted molar refractivity (Wildman–Crippen MR) is 66.4 cm³/mol. The van der Waals surface area contributed by atoms with Crippen molar-refractivity contribution in [3.63, 3.8) is 0 Å². The fraction of sp³-hybridized carbons (Fsp3) is 0.167. The van der Waals surface area contributed by atoms with E-state index in [0.717, 1.165) is 16.1 Å². The smallest absolute Gasteiger partial charge is 0.341 e. The summed E-state index contributed by atoms with van der Waals surface area (Å²) in [5.74, 6) is 0.568. The molecule has 17 heavy (non-hydrogen) atoms. The van der Waals surface area contributed by atoms with Crippen molar-refractivity contribution in [1.82, 2.24) is 9.78 Å². The molecule has 0 aliphatic carbocycles. The monoisotopic (exact) mass is 230 g/mol. The molecule has 0 fully saturated rings. The van der Waals surface area contributed by atoms with Crippen molar-refractivity contribution in [2.24, 2.45) is 5.73 Å². The van der Waals surface area contributed by atoms with Gasteiger partial charge in [-0.3, -0.25) is 0 Å². The zero-order valence-corrected chi connectivity index (χ0v) is 9.77. The van der Waals surface area contributed by atoms with Gasteiger partial charge in [0, 0.05) is 11.8 Å². The zero-order valence-electron chi connectivity index (χ0n) is 9.77. The van der Waals surface area contributed by atoms with Gasteiger partial charge in [-0.1, -0.05) is 17.7 Å². The summed E-state index contributed by atoms with van der Waals surface area (Å²) in [7, 11) is 0. The molecule has 0 atom stereocenters. The second-order valence-corrected chi connectivity index (χ2v) is 3.91. The highest BCUT2D eigenvalue weighted by Crippen LogP contribution is 2.17. The minimum Gasteiger partial charge on any atom is -0.350 e. The third-order valence-electron chi connectivity index (χ3n) is 2.36. The van der Waals surface area contributed by atoms with Crippen LogP contribution in [0.25, 0.3) is 0 Å². The van der Waals surface area contributed by atoms with Gasteiger partial charge in [0.1, 0.15) is 5.82 Å². The third kappa shape index (κ3) is 2.44. The molecule has 1 aromatic carbocycles. The Morgan fingerprint density at radius 3 is 2.53 bits per heavy atom. The number of nitrogens with zero attached hydrogens (tertiary/aromatic N) is 2. The molecule has 1 aromatic heterocycles. The number of carbonyl (C=O) groups excluding carboxylic acids is 1. The van der Waals surface area contributed by atoms with Gasteiger partial charge in [-0.25, -0.2) is 4.79 Å². The Kier molecular flexibility index (Phi) is 2.82. The van der Waals surface area contributed by atoms with E-state index in [-0.39, 0.29) is 0 Å². The first kappa shape index (κ1) is 11.2. The lowest BCUT2D eigenvalue weighted by Gasteiger charge is -2.06. The van der Waals surface area contributed by atoms with E-state index >= 15 is 0 Å². The first-order chi connectivity index (χ1) is 8.06. The maximum absolute atomic E-state index is 11.2. The average Bonchev–Trinajstić information content (AvgIpc) is 2.63. The Morgan fingerprint density at radius 1 is 1.29 bits per heavy atom. The molecule has 0 saturated carbocycles. The van der Waals surface area contributed by atoms with E-state index in [4.69, 9.17) is 5.73 Å². The number of anilines is 2. The number of rotatable bonds is 2. The first-order valence-corrected chi connectivity index (χ1v) is 5.26. The Bertz CT molecular complexity index is 542. The minimum atomic E-state index is -0.604. The SMILES string of the molecule is Cc1ccc(Nc2cc(C)nn2C(N)=O)cc1. The fourth-order valence-electron chi connectivity index (χ4n) is 1.54. The number of nitrogens with one attached hydrogen (secondary N) is 1. The van der Waals surface area contributed by atoms with E-state index in [1.54, 1.807) is 13.0 Å². The number of primary amides is 1. The molecule has 0 aliphatic rings. The number of amides is 1. The number of nitrogens with two attached hydrogens (primary N) is 1. The fourth-order valence-corrected chi connectivity index (χ4v) is 1.54. The van der Waals surface area contributed by atoms with Crippen molar-refractivity contribution < 1.29 is 4.79 Å². The van der Waals surface area contributed by atoms with Gasteiger partial charge in [0.25, 0.3) is 0 Å². The Morgan fingerprint density at radius 2 is 1.94 bits per heavy atom. The number of benzene rings is 1. The molecule has 2 rings (SSSR count). The average molecular weight is 230 g/mol. The summed E-state index contributed by atoms with van der Waals surface area (Å²) in [5.41, 5.74) is 8.02. The lowest BCUT2D eigenvalue weighted by molar-refractivity contribution is 0.248. The van der Waals surface area contributed by atoms with Crippen molar-refractivity contribution in [3.05, 3.63) is 41.6 Å². The van der Waals surface area contributed by atoms with Crippen LogP contribution in [0.4, 0.5) is 16.3 Å². The van der Waals surface area contributed by atoms with Crippen LogP contribution in [0, 0.1) is 13.8 Å². The molecule has 0 radical (unpaired) electrons. The summed E-state index contributed by atoms with van der Waals surface area (Å²) < 4.78 is 1.15. The third-order valence-corrected chi connectivity index (χ3v) is 2.36. The van der Waals surface area contributed by atoms with Gasteiger partial charge < -0.3 is 11.1 Å². The second-order valence-electron chi connectivity index (χ2n) is 3.91. The summed E-state index contributed by atoms with van der Waals surface area (Å²) in [4.78, 5) is 11.2. The normalized spacial score (nSPS) is 10.2. The van der Waals surface area contributed by atoms with Crippen molar-refractivity contribution in [3.8, 4) is 0 Å². The van der Waals surface area contributed by atoms with E-state index in [9.17, 15) is 4.79 Å². The molecule has 0 aliphatic heterocycles. The molecular weight excluding hydrogens is 216 g/mol. The summed E-state index contributed by atoms with van der Waals surface area (Å²) >= 11 is 0. The van der Waals surface area contributed by atoms with Crippen LogP contribution in [-0.4, -0.2) is 15.8 Å². The van der Waals surface area contributed by atoms with E-state index in [0.29, 0.717) is 5.82 Å².